The highest BCUT2D eigenvalue weighted by Crippen LogP contribution is 2.44. The standard InChI is InChI=1S/C20H22Cl2F3NO6S2/c1-4-34(29,30)18-6-5-14(21)7-13(18)10-26-19(27)12-8-16(20(23,24)25)15(17(22)9-12)11-32-33(3,28)31-2/h5-9,28H,4,10-11H2,1-3H3,(H,26,27). The van der Waals surface area contributed by atoms with Gasteiger partial charge < -0.3 is 9.87 Å². The van der Waals surface area contributed by atoms with Gasteiger partial charge in [0, 0.05) is 34.0 Å². The van der Waals surface area contributed by atoms with E-state index in [1.807, 2.05) is 0 Å². The van der Waals surface area contributed by atoms with E-state index in [0.717, 1.165) is 13.2 Å². The summed E-state index contributed by atoms with van der Waals surface area (Å²) in [6, 6.07) is 5.64. The van der Waals surface area contributed by atoms with Crippen molar-refractivity contribution in [2.45, 2.75) is 31.1 Å². The molecule has 190 valence electrons. The first-order valence-corrected chi connectivity index (χ1v) is 13.8. The number of amides is 1. The molecule has 2 N–H and O–H groups in total. The number of benzene rings is 2. The zero-order valence-corrected chi connectivity index (χ0v) is 21.3. The Labute approximate surface area is 207 Å². The Morgan fingerprint density at radius 3 is 2.38 bits per heavy atom. The van der Waals surface area contributed by atoms with E-state index < -0.39 is 61.1 Å². The molecule has 0 bridgehead atoms. The van der Waals surface area contributed by atoms with Gasteiger partial charge in [0.15, 0.2) is 9.84 Å². The van der Waals surface area contributed by atoms with E-state index in [4.69, 9.17) is 27.4 Å². The van der Waals surface area contributed by atoms with Gasteiger partial charge in [0.2, 0.25) is 0 Å². The maximum Gasteiger partial charge on any atom is 0.416 e. The van der Waals surface area contributed by atoms with Gasteiger partial charge in [-0.2, -0.15) is 13.2 Å². The second kappa shape index (κ2) is 11.0. The fourth-order valence-corrected chi connectivity index (χ4v) is 4.82. The fraction of sp³-hybridized carbons (Fsp3) is 0.350. The van der Waals surface area contributed by atoms with Crippen molar-refractivity contribution in [1.29, 1.82) is 0 Å². The van der Waals surface area contributed by atoms with Crippen LogP contribution in [0.2, 0.25) is 10.0 Å². The quantitative estimate of drug-likeness (QED) is 0.409. The van der Waals surface area contributed by atoms with Gasteiger partial charge in [0.1, 0.15) is 0 Å². The second-order valence-corrected chi connectivity index (χ2v) is 12.1. The van der Waals surface area contributed by atoms with Gasteiger partial charge >= 0.3 is 6.18 Å². The molecule has 0 radical (unpaired) electrons. The van der Waals surface area contributed by atoms with E-state index in [1.54, 1.807) is 0 Å². The molecule has 0 aliphatic heterocycles. The summed E-state index contributed by atoms with van der Waals surface area (Å²) in [5, 5.41) is 2.20. The zero-order chi connectivity index (χ0) is 25.9. The van der Waals surface area contributed by atoms with Crippen LogP contribution in [0.1, 0.15) is 34.0 Å². The average molecular weight is 564 g/mol. The minimum atomic E-state index is -4.89. The highest BCUT2D eigenvalue weighted by atomic mass is 35.5. The van der Waals surface area contributed by atoms with Crippen LogP contribution in [-0.4, -0.2) is 38.0 Å². The van der Waals surface area contributed by atoms with Crippen LogP contribution in [0.3, 0.4) is 0 Å². The van der Waals surface area contributed by atoms with Gasteiger partial charge in [-0.15, -0.1) is 0 Å². The fourth-order valence-electron chi connectivity index (χ4n) is 2.81. The highest BCUT2D eigenvalue weighted by molar-refractivity contribution is 8.20. The second-order valence-electron chi connectivity index (χ2n) is 6.98. The van der Waals surface area contributed by atoms with Crippen molar-refractivity contribution in [3.8, 4) is 0 Å². The molecule has 2 rings (SSSR count). The first kappa shape index (κ1) is 28.7. The van der Waals surface area contributed by atoms with Crippen molar-refractivity contribution in [1.82, 2.24) is 5.32 Å². The average Bonchev–Trinajstić information content (AvgIpc) is 2.75. The Morgan fingerprint density at radius 1 is 1.18 bits per heavy atom. The Balaban J connectivity index is 2.36. The number of halogens is 5. The Kier molecular flexibility index (Phi) is 9.30. The summed E-state index contributed by atoms with van der Waals surface area (Å²) < 4.78 is 85.1. The van der Waals surface area contributed by atoms with Crippen molar-refractivity contribution in [2.24, 2.45) is 0 Å². The number of rotatable bonds is 9. The monoisotopic (exact) mass is 563 g/mol. The zero-order valence-electron chi connectivity index (χ0n) is 18.2. The molecule has 0 aliphatic carbocycles. The molecule has 14 heteroatoms. The summed E-state index contributed by atoms with van der Waals surface area (Å²) >= 11 is 12.0. The lowest BCUT2D eigenvalue weighted by Gasteiger charge is -2.27. The molecule has 1 atom stereocenters. The van der Waals surface area contributed by atoms with Crippen molar-refractivity contribution >= 4 is 49.8 Å². The molecule has 0 saturated heterocycles. The lowest BCUT2D eigenvalue weighted by Crippen LogP contribution is -2.25. The largest absolute Gasteiger partial charge is 0.416 e. The van der Waals surface area contributed by atoms with Crippen molar-refractivity contribution in [2.75, 3.05) is 19.1 Å². The summed E-state index contributed by atoms with van der Waals surface area (Å²) in [4.78, 5) is 12.6. The molecule has 1 unspecified atom stereocenters. The van der Waals surface area contributed by atoms with Crippen molar-refractivity contribution in [3.05, 3.63) is 62.6 Å². The minimum absolute atomic E-state index is 0.0473. The first-order valence-electron chi connectivity index (χ1n) is 9.51. The molecule has 0 saturated carbocycles. The maximum atomic E-state index is 13.7. The molecule has 0 aromatic heterocycles. The Hall–Kier alpha value is -1.54. The molecular weight excluding hydrogens is 542 g/mol. The van der Waals surface area contributed by atoms with Gasteiger partial charge in [-0.25, -0.2) is 8.42 Å². The number of nitrogens with one attached hydrogen (secondary N) is 1. The third-order valence-electron chi connectivity index (χ3n) is 4.67. The van der Waals surface area contributed by atoms with Crippen molar-refractivity contribution in [3.63, 3.8) is 0 Å². The number of carbonyl (C=O) groups is 1. The SMILES string of the molecule is CCS(=O)(=O)c1ccc(Cl)cc1CNC(=O)c1cc(Cl)c(COS(C)(O)OC)c(C(F)(F)F)c1. The summed E-state index contributed by atoms with van der Waals surface area (Å²) in [5.74, 6) is -1.12. The van der Waals surface area contributed by atoms with Crippen LogP contribution in [0.15, 0.2) is 35.2 Å². The topological polar surface area (TPSA) is 102 Å². The number of hydrogen-bond acceptors (Lipinski definition) is 6. The van der Waals surface area contributed by atoms with Crippen LogP contribution in [0.25, 0.3) is 0 Å². The number of alkyl halides is 3. The smallest absolute Gasteiger partial charge is 0.348 e. The Bertz CT molecular complexity index is 1170. The summed E-state index contributed by atoms with van der Waals surface area (Å²) in [6.45, 7) is 0.427. The molecule has 2 aromatic rings. The van der Waals surface area contributed by atoms with E-state index in [-0.39, 0.29) is 27.8 Å². The number of carbonyl (C=O) groups excluding carboxylic acids is 1. The molecule has 0 fully saturated rings. The summed E-state index contributed by atoms with van der Waals surface area (Å²) in [5.41, 5.74) is -1.94. The molecule has 1 amide bonds. The first-order chi connectivity index (χ1) is 15.6. The predicted octanol–water partition coefficient (Wildman–Crippen LogP) is 5.64. The number of hydrogen-bond donors (Lipinski definition) is 2. The normalized spacial score (nSPS) is 15.0. The van der Waals surface area contributed by atoms with Crippen LogP contribution in [-0.2, 0) is 37.5 Å². The third-order valence-corrected chi connectivity index (χ3v) is 8.25. The van der Waals surface area contributed by atoms with Gasteiger partial charge in [0.25, 0.3) is 5.91 Å². The van der Waals surface area contributed by atoms with Crippen LogP contribution < -0.4 is 5.32 Å². The molecule has 0 heterocycles. The lowest BCUT2D eigenvalue weighted by atomic mass is 10.0. The van der Waals surface area contributed by atoms with E-state index in [1.165, 1.54) is 31.4 Å². The molecule has 7 nitrogen and oxygen atoms in total. The number of sulfone groups is 1. The maximum absolute atomic E-state index is 13.7. The van der Waals surface area contributed by atoms with Crippen LogP contribution >= 0.6 is 34.1 Å². The van der Waals surface area contributed by atoms with Gasteiger partial charge in [-0.05, 0) is 35.9 Å². The minimum Gasteiger partial charge on any atom is -0.348 e. The van der Waals surface area contributed by atoms with Crippen LogP contribution in [0.4, 0.5) is 13.2 Å². The van der Waals surface area contributed by atoms with Gasteiger partial charge in [0.05, 0.1) is 40.8 Å². The molecule has 34 heavy (non-hydrogen) atoms. The van der Waals surface area contributed by atoms with E-state index in [9.17, 15) is 30.9 Å². The summed E-state index contributed by atoms with van der Waals surface area (Å²) in [7, 11) is -5.56. The molecule has 0 spiro atoms. The van der Waals surface area contributed by atoms with Crippen molar-refractivity contribution < 1.29 is 39.3 Å². The van der Waals surface area contributed by atoms with Crippen LogP contribution in [0, 0.1) is 0 Å². The molecule has 0 aliphatic rings. The Morgan fingerprint density at radius 2 is 1.82 bits per heavy atom. The molecular formula is C20H22Cl2F3NO6S2. The van der Waals surface area contributed by atoms with Crippen LogP contribution in [0.5, 0.6) is 0 Å². The lowest BCUT2D eigenvalue weighted by molar-refractivity contribution is -0.138. The summed E-state index contributed by atoms with van der Waals surface area (Å²) in [6.07, 6.45) is -3.72. The third kappa shape index (κ3) is 7.23. The van der Waals surface area contributed by atoms with Gasteiger partial charge in [-0.3, -0.25) is 13.2 Å². The predicted molar refractivity (Wildman–Crippen MR) is 125 cm³/mol. The van der Waals surface area contributed by atoms with E-state index in [0.29, 0.717) is 6.07 Å². The van der Waals surface area contributed by atoms with E-state index >= 15 is 0 Å². The highest BCUT2D eigenvalue weighted by Gasteiger charge is 2.36. The van der Waals surface area contributed by atoms with E-state index in [2.05, 4.69) is 9.50 Å². The van der Waals surface area contributed by atoms with Gasteiger partial charge in [-0.1, -0.05) is 30.1 Å². The molecule has 2 aromatic carbocycles.